The summed E-state index contributed by atoms with van der Waals surface area (Å²) in [5, 5.41) is 8.64. The molecule has 0 saturated heterocycles. The first-order valence-corrected chi connectivity index (χ1v) is 5.05. The summed E-state index contributed by atoms with van der Waals surface area (Å²) in [5.74, 6) is -0.988. The Bertz CT molecular complexity index is 398. The van der Waals surface area contributed by atoms with Crippen LogP contribution in [0, 0.1) is 28.9 Å². The molecule has 2 nitrogen and oxygen atoms in total. The van der Waals surface area contributed by atoms with Crippen molar-refractivity contribution in [2.24, 2.45) is 5.92 Å². The van der Waals surface area contributed by atoms with Gasteiger partial charge in [0, 0.05) is 18.7 Å². The molecule has 1 aromatic carbocycles. The van der Waals surface area contributed by atoms with Gasteiger partial charge in [0.25, 0.3) is 0 Å². The van der Waals surface area contributed by atoms with Crippen LogP contribution in [0.1, 0.15) is 12.5 Å². The molecule has 0 amide bonds. The summed E-state index contributed by atoms with van der Waals surface area (Å²) < 4.78 is 26.2. The summed E-state index contributed by atoms with van der Waals surface area (Å²) >= 11 is 0. The Morgan fingerprint density at radius 2 is 2.12 bits per heavy atom. The summed E-state index contributed by atoms with van der Waals surface area (Å²) in [6.07, 6.45) is 0. The first-order valence-electron chi connectivity index (χ1n) is 5.05. The number of rotatable bonds is 4. The summed E-state index contributed by atoms with van der Waals surface area (Å²) in [6, 6.07) is 5.49. The first-order chi connectivity index (χ1) is 7.52. The van der Waals surface area contributed by atoms with Crippen LogP contribution in [0.5, 0.6) is 0 Å². The van der Waals surface area contributed by atoms with Crippen molar-refractivity contribution in [3.8, 4) is 6.07 Å². The topological polar surface area (TPSA) is 27.0 Å². The van der Waals surface area contributed by atoms with Gasteiger partial charge >= 0.3 is 0 Å². The van der Waals surface area contributed by atoms with E-state index in [1.165, 1.54) is 6.07 Å². The van der Waals surface area contributed by atoms with Gasteiger partial charge in [-0.15, -0.1) is 0 Å². The Balaban J connectivity index is 2.66. The van der Waals surface area contributed by atoms with Gasteiger partial charge in [-0.1, -0.05) is 0 Å². The van der Waals surface area contributed by atoms with E-state index in [2.05, 4.69) is 6.07 Å². The van der Waals surface area contributed by atoms with Gasteiger partial charge in [0.05, 0.1) is 12.0 Å². The van der Waals surface area contributed by atoms with Crippen molar-refractivity contribution in [2.75, 3.05) is 13.6 Å². The number of hydrogen-bond donors (Lipinski definition) is 0. The van der Waals surface area contributed by atoms with E-state index in [1.54, 1.807) is 18.9 Å². The van der Waals surface area contributed by atoms with Crippen LogP contribution in [0.15, 0.2) is 18.2 Å². The van der Waals surface area contributed by atoms with Gasteiger partial charge in [-0.25, -0.2) is 8.78 Å². The van der Waals surface area contributed by atoms with Crippen LogP contribution in [-0.2, 0) is 6.54 Å². The Morgan fingerprint density at radius 1 is 1.44 bits per heavy atom. The number of nitrogens with zero attached hydrogens (tertiary/aromatic N) is 2. The molecule has 0 N–H and O–H groups in total. The second-order valence-electron chi connectivity index (χ2n) is 3.96. The molecule has 0 aliphatic rings. The largest absolute Gasteiger partial charge is 0.301 e. The SMILES string of the molecule is CC(C#N)CN(C)Cc1cc(F)ccc1F. The van der Waals surface area contributed by atoms with Crippen molar-refractivity contribution in [1.82, 2.24) is 4.90 Å². The van der Waals surface area contributed by atoms with Crippen molar-refractivity contribution >= 4 is 0 Å². The van der Waals surface area contributed by atoms with Crippen molar-refractivity contribution in [3.63, 3.8) is 0 Å². The monoisotopic (exact) mass is 224 g/mol. The smallest absolute Gasteiger partial charge is 0.127 e. The Labute approximate surface area is 94.1 Å². The van der Waals surface area contributed by atoms with Crippen LogP contribution in [0.4, 0.5) is 8.78 Å². The minimum atomic E-state index is -0.446. The van der Waals surface area contributed by atoms with E-state index in [-0.39, 0.29) is 5.92 Å². The van der Waals surface area contributed by atoms with Gasteiger partial charge in [-0.2, -0.15) is 5.26 Å². The third-order valence-electron chi connectivity index (χ3n) is 2.25. The third-order valence-corrected chi connectivity index (χ3v) is 2.25. The first kappa shape index (κ1) is 12.6. The van der Waals surface area contributed by atoms with E-state index < -0.39 is 11.6 Å². The highest BCUT2D eigenvalue weighted by molar-refractivity contribution is 5.18. The van der Waals surface area contributed by atoms with Gasteiger partial charge in [-0.05, 0) is 32.2 Å². The molecule has 0 saturated carbocycles. The molecule has 86 valence electrons. The highest BCUT2D eigenvalue weighted by atomic mass is 19.1. The fourth-order valence-corrected chi connectivity index (χ4v) is 1.53. The quantitative estimate of drug-likeness (QED) is 0.785. The molecule has 0 aliphatic heterocycles. The van der Waals surface area contributed by atoms with Crippen LogP contribution >= 0.6 is 0 Å². The van der Waals surface area contributed by atoms with Crippen LogP contribution < -0.4 is 0 Å². The van der Waals surface area contributed by atoms with Crippen LogP contribution in [0.25, 0.3) is 0 Å². The fraction of sp³-hybridized carbons (Fsp3) is 0.417. The summed E-state index contributed by atoms with van der Waals surface area (Å²) in [7, 11) is 1.78. The van der Waals surface area contributed by atoms with Crippen molar-refractivity contribution < 1.29 is 8.78 Å². The molecule has 1 unspecified atom stereocenters. The second kappa shape index (κ2) is 5.57. The molecule has 1 atom stereocenters. The normalized spacial score (nSPS) is 12.5. The van der Waals surface area contributed by atoms with Gasteiger partial charge in [0.15, 0.2) is 0 Å². The highest BCUT2D eigenvalue weighted by Crippen LogP contribution is 2.12. The van der Waals surface area contributed by atoms with E-state index in [0.717, 1.165) is 12.1 Å². The van der Waals surface area contributed by atoms with Crippen molar-refractivity contribution in [3.05, 3.63) is 35.4 Å². The Hall–Kier alpha value is -1.47. The zero-order chi connectivity index (χ0) is 12.1. The molecule has 0 spiro atoms. The average Bonchev–Trinajstić information content (AvgIpc) is 2.23. The third kappa shape index (κ3) is 3.59. The predicted molar refractivity (Wildman–Crippen MR) is 57.5 cm³/mol. The molecule has 0 aromatic heterocycles. The van der Waals surface area contributed by atoms with E-state index in [9.17, 15) is 8.78 Å². The molecule has 0 radical (unpaired) electrons. The molecule has 1 aromatic rings. The zero-order valence-corrected chi connectivity index (χ0v) is 9.37. The fourth-order valence-electron chi connectivity index (χ4n) is 1.53. The summed E-state index contributed by atoms with van der Waals surface area (Å²) in [5.41, 5.74) is 0.313. The highest BCUT2D eigenvalue weighted by Gasteiger charge is 2.09. The lowest BCUT2D eigenvalue weighted by Gasteiger charge is -2.18. The van der Waals surface area contributed by atoms with Gasteiger partial charge in [-0.3, -0.25) is 0 Å². The molecular weight excluding hydrogens is 210 g/mol. The molecular formula is C12H14F2N2. The molecule has 0 fully saturated rings. The lowest BCUT2D eigenvalue weighted by molar-refractivity contribution is 0.298. The Morgan fingerprint density at radius 3 is 2.75 bits per heavy atom. The van der Waals surface area contributed by atoms with E-state index in [0.29, 0.717) is 18.7 Å². The lowest BCUT2D eigenvalue weighted by Crippen LogP contribution is -2.23. The standard InChI is InChI=1S/C12H14F2N2/c1-9(6-15)7-16(2)8-10-5-11(13)3-4-12(10)14/h3-5,9H,7-8H2,1-2H3. The number of benzene rings is 1. The molecule has 1 rings (SSSR count). The predicted octanol–water partition coefficient (Wildman–Crippen LogP) is 2.56. The van der Waals surface area contributed by atoms with E-state index in [4.69, 9.17) is 5.26 Å². The maximum Gasteiger partial charge on any atom is 0.127 e. The van der Waals surface area contributed by atoms with E-state index >= 15 is 0 Å². The molecule has 0 heterocycles. The number of hydrogen-bond acceptors (Lipinski definition) is 2. The number of nitriles is 1. The second-order valence-corrected chi connectivity index (χ2v) is 3.96. The van der Waals surface area contributed by atoms with Crippen LogP contribution in [-0.4, -0.2) is 18.5 Å². The van der Waals surface area contributed by atoms with Crippen LogP contribution in [0.3, 0.4) is 0 Å². The van der Waals surface area contributed by atoms with Crippen LogP contribution in [0.2, 0.25) is 0 Å². The molecule has 4 heteroatoms. The molecule has 0 aliphatic carbocycles. The average molecular weight is 224 g/mol. The van der Waals surface area contributed by atoms with Crippen molar-refractivity contribution in [1.29, 1.82) is 5.26 Å². The maximum absolute atomic E-state index is 13.3. The summed E-state index contributed by atoms with van der Waals surface area (Å²) in [6.45, 7) is 2.63. The van der Waals surface area contributed by atoms with Gasteiger partial charge < -0.3 is 4.90 Å². The number of halogens is 2. The van der Waals surface area contributed by atoms with E-state index in [1.807, 2.05) is 0 Å². The minimum absolute atomic E-state index is 0.123. The minimum Gasteiger partial charge on any atom is -0.301 e. The maximum atomic E-state index is 13.3. The van der Waals surface area contributed by atoms with Crippen molar-refractivity contribution in [2.45, 2.75) is 13.5 Å². The lowest BCUT2D eigenvalue weighted by atomic mass is 10.1. The summed E-state index contributed by atoms with van der Waals surface area (Å²) in [4.78, 5) is 1.80. The molecule has 0 bridgehead atoms. The Kier molecular flexibility index (Phi) is 4.39. The molecule has 16 heavy (non-hydrogen) atoms. The van der Waals surface area contributed by atoms with Gasteiger partial charge in [0.2, 0.25) is 0 Å². The zero-order valence-electron chi connectivity index (χ0n) is 9.37. The van der Waals surface area contributed by atoms with Gasteiger partial charge in [0.1, 0.15) is 11.6 Å².